The quantitative estimate of drug-likeness (QED) is 0.519. The lowest BCUT2D eigenvalue weighted by Gasteiger charge is -1.86. The molecule has 3 heteroatoms. The van der Waals surface area contributed by atoms with Crippen LogP contribution in [0.25, 0.3) is 0 Å². The Morgan fingerprint density at radius 3 is 2.86 bits per heavy atom. The van der Waals surface area contributed by atoms with Gasteiger partial charge in [-0.25, -0.2) is 0 Å². The number of rotatable bonds is 4. The fraction of sp³-hybridized carbons (Fsp3) is 0.750. The Labute approximate surface area is 47.5 Å². The maximum absolute atomic E-state index is 9.49. The molecule has 0 spiro atoms. The zero-order valence-electron chi connectivity index (χ0n) is 4.02. The Hall–Kier alpha value is -0.0200. The molecule has 0 fully saturated rings. The van der Waals surface area contributed by atoms with Gasteiger partial charge >= 0.3 is 0 Å². The van der Waals surface area contributed by atoms with Gasteiger partial charge in [0.2, 0.25) is 6.29 Å². The molecular formula is C4H8NOS. The summed E-state index contributed by atoms with van der Waals surface area (Å²) in [7, 11) is 0. The molecule has 0 unspecified atom stereocenters. The van der Waals surface area contributed by atoms with Crippen LogP contribution in [-0.2, 0) is 4.79 Å². The van der Waals surface area contributed by atoms with Gasteiger partial charge in [-0.3, -0.25) is 4.79 Å². The van der Waals surface area contributed by atoms with Crippen molar-refractivity contribution in [1.29, 1.82) is 0 Å². The van der Waals surface area contributed by atoms with Gasteiger partial charge in [-0.15, -0.1) is 0 Å². The van der Waals surface area contributed by atoms with E-state index in [4.69, 9.17) is 5.73 Å². The SMILES string of the molecule is NCCSC[C]=O. The van der Waals surface area contributed by atoms with Crippen molar-refractivity contribution in [2.75, 3.05) is 18.1 Å². The van der Waals surface area contributed by atoms with E-state index in [1.807, 2.05) is 0 Å². The van der Waals surface area contributed by atoms with Gasteiger partial charge in [0.1, 0.15) is 0 Å². The molecule has 0 aliphatic carbocycles. The van der Waals surface area contributed by atoms with Crippen LogP contribution in [0.15, 0.2) is 0 Å². The van der Waals surface area contributed by atoms with Crippen molar-refractivity contribution in [2.45, 2.75) is 0 Å². The molecule has 41 valence electrons. The van der Waals surface area contributed by atoms with Crippen LogP contribution in [0.3, 0.4) is 0 Å². The summed E-state index contributed by atoms with van der Waals surface area (Å²) in [5, 5.41) is 0. The van der Waals surface area contributed by atoms with E-state index in [2.05, 4.69) is 0 Å². The van der Waals surface area contributed by atoms with Crippen molar-refractivity contribution in [3.63, 3.8) is 0 Å². The van der Waals surface area contributed by atoms with E-state index in [9.17, 15) is 4.79 Å². The van der Waals surface area contributed by atoms with Gasteiger partial charge in [-0.2, -0.15) is 11.8 Å². The highest BCUT2D eigenvalue weighted by Gasteiger charge is 1.81. The monoisotopic (exact) mass is 118 g/mol. The molecule has 0 bridgehead atoms. The van der Waals surface area contributed by atoms with E-state index in [0.717, 1.165) is 5.75 Å². The van der Waals surface area contributed by atoms with Crippen molar-refractivity contribution >= 4 is 18.0 Å². The van der Waals surface area contributed by atoms with Crippen LogP contribution in [0.1, 0.15) is 0 Å². The van der Waals surface area contributed by atoms with Crippen LogP contribution >= 0.6 is 11.8 Å². The van der Waals surface area contributed by atoms with Gasteiger partial charge in [-0.05, 0) is 0 Å². The Kier molecular flexibility index (Phi) is 5.96. The first-order chi connectivity index (χ1) is 3.41. The second-order valence-corrected chi connectivity index (χ2v) is 2.09. The molecule has 0 aromatic carbocycles. The predicted molar refractivity (Wildman–Crippen MR) is 32.1 cm³/mol. The molecule has 1 radical (unpaired) electrons. The van der Waals surface area contributed by atoms with Gasteiger partial charge in [0.05, 0.1) is 5.75 Å². The number of hydrogen-bond acceptors (Lipinski definition) is 3. The molecule has 0 aromatic rings. The van der Waals surface area contributed by atoms with E-state index in [0.29, 0.717) is 12.3 Å². The molecule has 0 aliphatic rings. The average molecular weight is 118 g/mol. The third-order valence-electron chi connectivity index (χ3n) is 0.423. The first-order valence-corrected chi connectivity index (χ1v) is 3.20. The molecule has 0 rings (SSSR count). The lowest BCUT2D eigenvalue weighted by Crippen LogP contribution is -2.01. The Morgan fingerprint density at radius 2 is 2.43 bits per heavy atom. The van der Waals surface area contributed by atoms with E-state index >= 15 is 0 Å². The topological polar surface area (TPSA) is 43.1 Å². The molecule has 0 heterocycles. The average Bonchev–Trinajstić information content (AvgIpc) is 1.69. The molecule has 0 aliphatic heterocycles. The lowest BCUT2D eigenvalue weighted by molar-refractivity contribution is 0.560. The van der Waals surface area contributed by atoms with Gasteiger partial charge in [0.25, 0.3) is 0 Å². The highest BCUT2D eigenvalue weighted by atomic mass is 32.2. The van der Waals surface area contributed by atoms with Crippen molar-refractivity contribution in [2.24, 2.45) is 5.73 Å². The smallest absolute Gasteiger partial charge is 0.209 e. The second kappa shape index (κ2) is 5.98. The summed E-state index contributed by atoms with van der Waals surface area (Å²) in [4.78, 5) is 9.49. The van der Waals surface area contributed by atoms with Crippen molar-refractivity contribution in [3.8, 4) is 0 Å². The summed E-state index contributed by atoms with van der Waals surface area (Å²) in [5.74, 6) is 1.31. The molecule has 0 aromatic heterocycles. The van der Waals surface area contributed by atoms with Crippen LogP contribution in [0.4, 0.5) is 0 Å². The molecule has 2 N–H and O–H groups in total. The van der Waals surface area contributed by atoms with Crippen LogP contribution in [0, 0.1) is 0 Å². The number of hydrogen-bond donors (Lipinski definition) is 1. The summed E-state index contributed by atoms with van der Waals surface area (Å²) < 4.78 is 0. The molecule has 0 saturated carbocycles. The summed E-state index contributed by atoms with van der Waals surface area (Å²) in [5.41, 5.74) is 5.12. The fourth-order valence-electron chi connectivity index (χ4n) is 0.197. The highest BCUT2D eigenvalue weighted by molar-refractivity contribution is 7.99. The normalized spacial score (nSPS) is 8.71. The largest absolute Gasteiger partial charge is 0.330 e. The Bertz CT molecular complexity index is 49.0. The highest BCUT2D eigenvalue weighted by Crippen LogP contribution is 1.92. The predicted octanol–water partition coefficient (Wildman–Crippen LogP) is -0.212. The zero-order valence-corrected chi connectivity index (χ0v) is 4.83. The minimum Gasteiger partial charge on any atom is -0.330 e. The molecule has 7 heavy (non-hydrogen) atoms. The Morgan fingerprint density at radius 1 is 1.71 bits per heavy atom. The van der Waals surface area contributed by atoms with Crippen LogP contribution < -0.4 is 5.73 Å². The molecule has 2 nitrogen and oxygen atoms in total. The summed E-state index contributed by atoms with van der Waals surface area (Å²) in [6, 6.07) is 0. The molecule has 0 saturated heterocycles. The maximum atomic E-state index is 9.49. The molecule has 0 atom stereocenters. The van der Waals surface area contributed by atoms with Crippen molar-refractivity contribution in [1.82, 2.24) is 0 Å². The van der Waals surface area contributed by atoms with Gasteiger partial charge in [-0.1, -0.05) is 0 Å². The summed E-state index contributed by atoms with van der Waals surface area (Å²) in [6.07, 6.45) is 1.76. The van der Waals surface area contributed by atoms with E-state index in [1.165, 1.54) is 11.8 Å². The van der Waals surface area contributed by atoms with E-state index in [1.54, 1.807) is 6.29 Å². The fourth-order valence-corrected chi connectivity index (χ4v) is 0.592. The first-order valence-electron chi connectivity index (χ1n) is 2.04. The third-order valence-corrected chi connectivity index (χ3v) is 1.27. The minimum absolute atomic E-state index is 0.456. The van der Waals surface area contributed by atoms with Crippen LogP contribution in [0.2, 0.25) is 0 Å². The molecular weight excluding hydrogens is 110 g/mol. The first kappa shape index (κ1) is 6.98. The van der Waals surface area contributed by atoms with Gasteiger partial charge < -0.3 is 5.73 Å². The number of thioether (sulfide) groups is 1. The van der Waals surface area contributed by atoms with Crippen molar-refractivity contribution < 1.29 is 4.79 Å². The van der Waals surface area contributed by atoms with Crippen LogP contribution in [-0.4, -0.2) is 24.3 Å². The molecule has 0 amide bonds. The number of carbonyl (C=O) groups excluding carboxylic acids is 1. The third kappa shape index (κ3) is 5.98. The number of nitrogens with two attached hydrogens (primary N) is 1. The van der Waals surface area contributed by atoms with E-state index in [-0.39, 0.29) is 0 Å². The van der Waals surface area contributed by atoms with Crippen molar-refractivity contribution in [3.05, 3.63) is 0 Å². The van der Waals surface area contributed by atoms with Gasteiger partial charge in [0.15, 0.2) is 0 Å². The minimum atomic E-state index is 0.456. The van der Waals surface area contributed by atoms with Gasteiger partial charge in [0, 0.05) is 12.3 Å². The lowest BCUT2D eigenvalue weighted by atomic mass is 10.8. The standard InChI is InChI=1S/C4H8NOS/c5-1-3-7-4-2-6/h1,3-5H2. The van der Waals surface area contributed by atoms with E-state index < -0.39 is 0 Å². The zero-order chi connectivity index (χ0) is 5.54. The maximum Gasteiger partial charge on any atom is 0.209 e. The summed E-state index contributed by atoms with van der Waals surface area (Å²) in [6.45, 7) is 0.645. The second-order valence-electron chi connectivity index (χ2n) is 0.986. The van der Waals surface area contributed by atoms with Crippen LogP contribution in [0.5, 0.6) is 0 Å². The Balaban J connectivity index is 2.56. The summed E-state index contributed by atoms with van der Waals surface area (Å²) >= 11 is 1.50.